The van der Waals surface area contributed by atoms with Crippen LogP contribution < -0.4 is 10.1 Å². The van der Waals surface area contributed by atoms with Gasteiger partial charge in [0.2, 0.25) is 17.6 Å². The first-order chi connectivity index (χ1) is 12.6. The number of carbonyl (C=O) groups excluding carboxylic acids is 1. The van der Waals surface area contributed by atoms with Crippen LogP contribution in [0, 0.1) is 5.82 Å². The van der Waals surface area contributed by atoms with Crippen molar-refractivity contribution in [2.45, 2.75) is 12.8 Å². The van der Waals surface area contributed by atoms with Crippen LogP contribution in [-0.2, 0) is 11.2 Å². The molecule has 0 aliphatic heterocycles. The number of carbonyl (C=O) groups is 1. The summed E-state index contributed by atoms with van der Waals surface area (Å²) in [4.78, 5) is 16.3. The van der Waals surface area contributed by atoms with Gasteiger partial charge in [-0.05, 0) is 30.3 Å². The van der Waals surface area contributed by atoms with Gasteiger partial charge in [-0.1, -0.05) is 33.2 Å². The van der Waals surface area contributed by atoms with Crippen molar-refractivity contribution in [3.63, 3.8) is 0 Å². The zero-order valence-corrected chi connectivity index (χ0v) is 15.4. The number of aryl methyl sites for hydroxylation is 1. The molecule has 134 valence electrons. The van der Waals surface area contributed by atoms with Crippen LogP contribution in [0.5, 0.6) is 5.75 Å². The second kappa shape index (κ2) is 8.09. The lowest BCUT2D eigenvalue weighted by Crippen LogP contribution is -2.13. The van der Waals surface area contributed by atoms with Crippen LogP contribution in [0.1, 0.15) is 12.3 Å². The van der Waals surface area contributed by atoms with Crippen molar-refractivity contribution in [1.82, 2.24) is 10.1 Å². The lowest BCUT2D eigenvalue weighted by Gasteiger charge is -2.05. The van der Waals surface area contributed by atoms with Crippen LogP contribution in [0.2, 0.25) is 0 Å². The number of aromatic nitrogens is 2. The van der Waals surface area contributed by atoms with Crippen molar-refractivity contribution < 1.29 is 18.4 Å². The number of rotatable bonds is 6. The first-order valence-electron chi connectivity index (χ1n) is 7.77. The minimum Gasteiger partial charge on any atom is -0.496 e. The van der Waals surface area contributed by atoms with Crippen LogP contribution in [0.4, 0.5) is 10.1 Å². The number of benzene rings is 2. The average Bonchev–Trinajstić information content (AvgIpc) is 3.11. The van der Waals surface area contributed by atoms with Gasteiger partial charge in [0.1, 0.15) is 11.6 Å². The molecule has 0 fully saturated rings. The molecular formula is C18H15BrFN3O3. The molecule has 0 bridgehead atoms. The van der Waals surface area contributed by atoms with Crippen molar-refractivity contribution in [2.75, 3.05) is 12.4 Å². The van der Waals surface area contributed by atoms with E-state index in [1.54, 1.807) is 19.2 Å². The smallest absolute Gasteiger partial charge is 0.227 e. The Bertz CT molecular complexity index is 930. The van der Waals surface area contributed by atoms with Gasteiger partial charge in [-0.3, -0.25) is 4.79 Å². The van der Waals surface area contributed by atoms with Gasteiger partial charge in [-0.15, -0.1) is 0 Å². The second-order valence-corrected chi connectivity index (χ2v) is 6.30. The maximum Gasteiger partial charge on any atom is 0.227 e. The molecule has 2 aromatic carbocycles. The molecule has 0 saturated carbocycles. The molecule has 0 atom stereocenters. The minimum atomic E-state index is -0.510. The van der Waals surface area contributed by atoms with Gasteiger partial charge >= 0.3 is 0 Å². The number of hydrogen-bond acceptors (Lipinski definition) is 5. The molecule has 1 aromatic heterocycles. The van der Waals surface area contributed by atoms with E-state index in [0.717, 1.165) is 0 Å². The normalized spacial score (nSPS) is 10.6. The van der Waals surface area contributed by atoms with Crippen LogP contribution in [0.15, 0.2) is 51.5 Å². The van der Waals surface area contributed by atoms with Gasteiger partial charge in [-0.2, -0.15) is 4.98 Å². The third kappa shape index (κ3) is 4.26. The first kappa shape index (κ1) is 18.1. The molecule has 0 aliphatic carbocycles. The predicted molar refractivity (Wildman–Crippen MR) is 97.3 cm³/mol. The molecule has 6 nitrogen and oxygen atoms in total. The summed E-state index contributed by atoms with van der Waals surface area (Å²) in [6, 6.07) is 11.7. The van der Waals surface area contributed by atoms with E-state index in [-0.39, 0.29) is 24.4 Å². The molecule has 0 spiro atoms. The highest BCUT2D eigenvalue weighted by molar-refractivity contribution is 9.10. The third-order valence-corrected chi connectivity index (χ3v) is 4.08. The lowest BCUT2D eigenvalue weighted by atomic mass is 10.2. The van der Waals surface area contributed by atoms with Gasteiger partial charge in [0.25, 0.3) is 0 Å². The highest BCUT2D eigenvalue weighted by Gasteiger charge is 2.14. The Kier molecular flexibility index (Phi) is 5.62. The monoisotopic (exact) mass is 419 g/mol. The number of ether oxygens (including phenoxy) is 1. The molecule has 3 rings (SSSR count). The lowest BCUT2D eigenvalue weighted by molar-refractivity contribution is -0.116. The third-order valence-electron chi connectivity index (χ3n) is 3.59. The van der Waals surface area contributed by atoms with Gasteiger partial charge in [0.05, 0.1) is 18.4 Å². The summed E-state index contributed by atoms with van der Waals surface area (Å²) in [6.07, 6.45) is 0.329. The van der Waals surface area contributed by atoms with Gasteiger partial charge in [0.15, 0.2) is 0 Å². The Hall–Kier alpha value is -2.74. The quantitative estimate of drug-likeness (QED) is 0.646. The average molecular weight is 420 g/mol. The van der Waals surface area contributed by atoms with E-state index < -0.39 is 5.82 Å². The fourth-order valence-corrected chi connectivity index (χ4v) is 2.65. The molecule has 3 aromatic rings. The Morgan fingerprint density at radius 1 is 1.31 bits per heavy atom. The van der Waals surface area contributed by atoms with E-state index in [2.05, 4.69) is 31.4 Å². The van der Waals surface area contributed by atoms with E-state index in [1.807, 2.05) is 18.2 Å². The Balaban J connectivity index is 1.62. The van der Waals surface area contributed by atoms with Crippen LogP contribution >= 0.6 is 15.9 Å². The summed E-state index contributed by atoms with van der Waals surface area (Å²) in [5.74, 6) is 0.477. The maximum absolute atomic E-state index is 13.7. The fourth-order valence-electron chi connectivity index (χ4n) is 2.32. The van der Waals surface area contributed by atoms with E-state index in [9.17, 15) is 9.18 Å². The highest BCUT2D eigenvalue weighted by atomic mass is 79.9. The van der Waals surface area contributed by atoms with Crippen molar-refractivity contribution in [2.24, 2.45) is 0 Å². The molecule has 0 aliphatic rings. The van der Waals surface area contributed by atoms with E-state index >= 15 is 0 Å². The Morgan fingerprint density at radius 3 is 2.88 bits per heavy atom. The van der Waals surface area contributed by atoms with Gasteiger partial charge in [0, 0.05) is 17.3 Å². The standard InChI is InChI=1S/C18H15BrFN3O3/c1-25-15-5-3-2-4-12(15)18-22-17(26-23-18)9-8-16(24)21-14-7-6-11(19)10-13(14)20/h2-7,10H,8-9H2,1H3,(H,21,24). The minimum absolute atomic E-state index is 0.0864. The molecule has 1 heterocycles. The molecule has 1 amide bonds. The Labute approximate surface area is 157 Å². The molecule has 8 heteroatoms. The van der Waals surface area contributed by atoms with Crippen LogP contribution in [0.25, 0.3) is 11.4 Å². The molecule has 1 N–H and O–H groups in total. The molecule has 0 unspecified atom stereocenters. The maximum atomic E-state index is 13.7. The molecule has 26 heavy (non-hydrogen) atoms. The van der Waals surface area contributed by atoms with Crippen molar-refractivity contribution in [3.05, 3.63) is 58.6 Å². The predicted octanol–water partition coefficient (Wildman–Crippen LogP) is 4.22. The van der Waals surface area contributed by atoms with Crippen LogP contribution in [-0.4, -0.2) is 23.2 Å². The van der Waals surface area contributed by atoms with Crippen LogP contribution in [0.3, 0.4) is 0 Å². The first-order valence-corrected chi connectivity index (χ1v) is 8.57. The molecule has 0 radical (unpaired) electrons. The summed E-state index contributed by atoms with van der Waals surface area (Å²) in [5.41, 5.74) is 0.824. The summed E-state index contributed by atoms with van der Waals surface area (Å²) in [5, 5.41) is 6.44. The van der Waals surface area contributed by atoms with E-state index in [1.165, 1.54) is 12.1 Å². The molecular weight excluding hydrogens is 405 g/mol. The number of anilines is 1. The number of nitrogens with one attached hydrogen (secondary N) is 1. The van der Waals surface area contributed by atoms with E-state index in [0.29, 0.717) is 27.5 Å². The van der Waals surface area contributed by atoms with Crippen molar-refractivity contribution >= 4 is 27.5 Å². The highest BCUT2D eigenvalue weighted by Crippen LogP contribution is 2.27. The van der Waals surface area contributed by atoms with Gasteiger partial charge in [-0.25, -0.2) is 4.39 Å². The zero-order chi connectivity index (χ0) is 18.5. The van der Waals surface area contributed by atoms with Crippen molar-refractivity contribution in [3.8, 4) is 17.1 Å². The summed E-state index contributed by atoms with van der Waals surface area (Å²) < 4.78 is 24.8. The Morgan fingerprint density at radius 2 is 2.12 bits per heavy atom. The van der Waals surface area contributed by atoms with Crippen molar-refractivity contribution in [1.29, 1.82) is 0 Å². The number of halogens is 2. The summed E-state index contributed by atoms with van der Waals surface area (Å²) in [6.45, 7) is 0. The summed E-state index contributed by atoms with van der Waals surface area (Å²) in [7, 11) is 1.56. The number of amides is 1. The topological polar surface area (TPSA) is 77.2 Å². The largest absolute Gasteiger partial charge is 0.496 e. The van der Waals surface area contributed by atoms with E-state index in [4.69, 9.17) is 9.26 Å². The number of methoxy groups -OCH3 is 1. The second-order valence-electron chi connectivity index (χ2n) is 5.38. The molecule has 0 saturated heterocycles. The SMILES string of the molecule is COc1ccccc1-c1noc(CCC(=O)Nc2ccc(Br)cc2F)n1. The summed E-state index contributed by atoms with van der Waals surface area (Å²) >= 11 is 3.17. The number of nitrogens with zero attached hydrogens (tertiary/aromatic N) is 2. The number of para-hydroxylation sites is 1. The number of hydrogen-bond donors (Lipinski definition) is 1. The van der Waals surface area contributed by atoms with Gasteiger partial charge < -0.3 is 14.6 Å². The fraction of sp³-hybridized carbons (Fsp3) is 0.167. The zero-order valence-electron chi connectivity index (χ0n) is 13.8.